The van der Waals surface area contributed by atoms with Crippen molar-refractivity contribution in [1.82, 2.24) is 10.3 Å². The highest BCUT2D eigenvalue weighted by atomic mass is 19.1. The lowest BCUT2D eigenvalue weighted by molar-refractivity contribution is -0.121. The van der Waals surface area contributed by atoms with E-state index in [9.17, 15) is 19.1 Å². The number of carbonyl (C=O) groups is 2. The molecule has 2 aromatic rings. The molecule has 3 rings (SSSR count). The van der Waals surface area contributed by atoms with Crippen molar-refractivity contribution in [2.75, 3.05) is 12.4 Å². The Hall–Kier alpha value is -3.36. The van der Waals surface area contributed by atoms with E-state index >= 15 is 0 Å². The Morgan fingerprint density at radius 2 is 1.94 bits per heavy atom. The first kappa shape index (κ1) is 24.3. The number of aromatic nitrogens is 1. The Bertz CT molecular complexity index is 1020. The van der Waals surface area contributed by atoms with E-state index in [0.717, 1.165) is 19.0 Å². The summed E-state index contributed by atoms with van der Waals surface area (Å²) in [5.74, 6) is -0.665. The van der Waals surface area contributed by atoms with Crippen molar-refractivity contribution in [2.24, 2.45) is 5.92 Å². The topological polar surface area (TPSA) is 110 Å². The number of benzene rings is 1. The summed E-state index contributed by atoms with van der Waals surface area (Å²) in [5.41, 5.74) is 0.0111. The number of nitrogens with one attached hydrogen (secondary N) is 2. The lowest BCUT2D eigenvalue weighted by atomic mass is 9.85. The number of anilines is 1. The summed E-state index contributed by atoms with van der Waals surface area (Å²) < 4.78 is 25.1. The predicted octanol–water partition coefficient (Wildman–Crippen LogP) is 4.62. The number of aromatic hydroxyl groups is 1. The maximum atomic E-state index is 14.5. The molecule has 33 heavy (non-hydrogen) atoms. The van der Waals surface area contributed by atoms with Crippen LogP contribution in [0.15, 0.2) is 30.5 Å². The van der Waals surface area contributed by atoms with Crippen molar-refractivity contribution in [3.05, 3.63) is 36.3 Å². The summed E-state index contributed by atoms with van der Waals surface area (Å²) in [6, 6.07) is 5.61. The van der Waals surface area contributed by atoms with Gasteiger partial charge in [-0.15, -0.1) is 0 Å². The Morgan fingerprint density at radius 1 is 1.18 bits per heavy atom. The number of methoxy groups -OCH3 is 1. The minimum atomic E-state index is -0.596. The summed E-state index contributed by atoms with van der Waals surface area (Å²) in [6.45, 7) is 5.38. The molecule has 3 N–H and O–H groups in total. The van der Waals surface area contributed by atoms with Gasteiger partial charge in [-0.3, -0.25) is 4.79 Å². The molecule has 1 aliphatic rings. The molecule has 1 aromatic carbocycles. The molecule has 1 aromatic heterocycles. The van der Waals surface area contributed by atoms with E-state index in [1.54, 1.807) is 20.8 Å². The zero-order chi connectivity index (χ0) is 24.2. The highest BCUT2D eigenvalue weighted by Crippen LogP contribution is 2.35. The summed E-state index contributed by atoms with van der Waals surface area (Å²) >= 11 is 0. The number of carbonyl (C=O) groups excluding carboxylic acids is 2. The number of ether oxygens (including phenoxy) is 2. The third-order valence-corrected chi connectivity index (χ3v) is 5.35. The number of phenols is 1. The number of rotatable bonds is 5. The van der Waals surface area contributed by atoms with Crippen LogP contribution in [0.25, 0.3) is 11.1 Å². The molecule has 9 heteroatoms. The lowest BCUT2D eigenvalue weighted by Crippen LogP contribution is -2.43. The molecule has 1 aliphatic carbocycles. The van der Waals surface area contributed by atoms with Gasteiger partial charge in [0, 0.05) is 29.2 Å². The van der Waals surface area contributed by atoms with Crippen LogP contribution < -0.4 is 15.4 Å². The van der Waals surface area contributed by atoms with Crippen molar-refractivity contribution in [2.45, 2.75) is 58.1 Å². The van der Waals surface area contributed by atoms with E-state index in [1.165, 1.54) is 31.4 Å². The second kappa shape index (κ2) is 10.1. The highest BCUT2D eigenvalue weighted by Gasteiger charge is 2.29. The van der Waals surface area contributed by atoms with Crippen molar-refractivity contribution < 1.29 is 28.6 Å². The van der Waals surface area contributed by atoms with Crippen molar-refractivity contribution in [3.8, 4) is 22.6 Å². The first-order valence-corrected chi connectivity index (χ1v) is 10.9. The van der Waals surface area contributed by atoms with Crippen molar-refractivity contribution >= 4 is 17.8 Å². The molecule has 0 aliphatic heterocycles. The fourth-order valence-electron chi connectivity index (χ4n) is 3.88. The van der Waals surface area contributed by atoms with Gasteiger partial charge in [-0.2, -0.15) is 0 Å². The molecule has 0 radical (unpaired) electrons. The minimum absolute atomic E-state index is 0.00886. The Kier molecular flexibility index (Phi) is 7.40. The molecule has 1 heterocycles. The van der Waals surface area contributed by atoms with Crippen molar-refractivity contribution in [1.29, 1.82) is 0 Å². The van der Waals surface area contributed by atoms with E-state index in [1.807, 2.05) is 0 Å². The van der Waals surface area contributed by atoms with Gasteiger partial charge >= 0.3 is 6.09 Å². The monoisotopic (exact) mass is 459 g/mol. The number of alkyl carbamates (subject to hydrolysis) is 1. The Morgan fingerprint density at radius 3 is 2.64 bits per heavy atom. The molecule has 178 valence electrons. The normalized spacial score (nSPS) is 18.3. The fraction of sp³-hybridized carbons (Fsp3) is 0.458. The molecule has 1 fully saturated rings. The van der Waals surface area contributed by atoms with Crippen LogP contribution in [0.3, 0.4) is 0 Å². The quantitative estimate of drug-likeness (QED) is 0.602. The smallest absolute Gasteiger partial charge is 0.407 e. The van der Waals surface area contributed by atoms with Gasteiger partial charge in [0.2, 0.25) is 5.91 Å². The van der Waals surface area contributed by atoms with E-state index in [-0.39, 0.29) is 35.0 Å². The van der Waals surface area contributed by atoms with Gasteiger partial charge < -0.3 is 25.2 Å². The largest absolute Gasteiger partial charge is 0.508 e. The zero-order valence-corrected chi connectivity index (χ0v) is 19.3. The second-order valence-corrected chi connectivity index (χ2v) is 9.13. The molecule has 1 saturated carbocycles. The highest BCUT2D eigenvalue weighted by molar-refractivity contribution is 5.92. The van der Waals surface area contributed by atoms with Gasteiger partial charge in [0.15, 0.2) is 0 Å². The number of phenolic OH excluding ortho intramolecular Hbond substituents is 1. The average molecular weight is 460 g/mol. The first-order valence-electron chi connectivity index (χ1n) is 10.9. The Labute approximate surface area is 192 Å². The van der Waals surface area contributed by atoms with Crippen LogP contribution in [0.4, 0.5) is 15.0 Å². The van der Waals surface area contributed by atoms with Crippen LogP contribution in [0.2, 0.25) is 0 Å². The maximum absolute atomic E-state index is 14.5. The summed E-state index contributed by atoms with van der Waals surface area (Å²) in [4.78, 5) is 28.9. The molecular weight excluding hydrogens is 429 g/mol. The maximum Gasteiger partial charge on any atom is 0.407 e. The molecule has 0 unspecified atom stereocenters. The van der Waals surface area contributed by atoms with Gasteiger partial charge in [-0.25, -0.2) is 14.2 Å². The van der Waals surface area contributed by atoms with Crippen LogP contribution in [0, 0.1) is 11.7 Å². The fourth-order valence-corrected chi connectivity index (χ4v) is 3.88. The van der Waals surface area contributed by atoms with Gasteiger partial charge in [-0.05, 0) is 58.2 Å². The third kappa shape index (κ3) is 6.57. The minimum Gasteiger partial charge on any atom is -0.508 e. The molecule has 0 bridgehead atoms. The first-order chi connectivity index (χ1) is 15.6. The number of pyridine rings is 1. The Balaban J connectivity index is 1.69. The predicted molar refractivity (Wildman–Crippen MR) is 122 cm³/mol. The van der Waals surface area contributed by atoms with Gasteiger partial charge in [-0.1, -0.05) is 6.42 Å². The van der Waals surface area contributed by atoms with Gasteiger partial charge in [0.25, 0.3) is 0 Å². The van der Waals surface area contributed by atoms with Crippen LogP contribution in [-0.4, -0.2) is 40.8 Å². The van der Waals surface area contributed by atoms with Crippen LogP contribution in [0.1, 0.15) is 46.5 Å². The van der Waals surface area contributed by atoms with E-state index < -0.39 is 17.5 Å². The SMILES string of the molecule is COc1cc(O)ccc1-c1cc(NC(=O)[C@H]2CCC[C@@H](NC(=O)OC(C)(C)C)C2)ncc1F. The number of hydrogen-bond acceptors (Lipinski definition) is 6. The molecular formula is C24H30FN3O5. The van der Waals surface area contributed by atoms with E-state index in [0.29, 0.717) is 24.2 Å². The molecule has 2 amide bonds. The van der Waals surface area contributed by atoms with Crippen LogP contribution in [0.5, 0.6) is 11.5 Å². The number of amides is 2. The van der Waals surface area contributed by atoms with Gasteiger partial charge in [0.1, 0.15) is 28.7 Å². The van der Waals surface area contributed by atoms with Crippen LogP contribution in [-0.2, 0) is 9.53 Å². The average Bonchev–Trinajstić information content (AvgIpc) is 2.74. The molecule has 0 spiro atoms. The third-order valence-electron chi connectivity index (χ3n) is 5.35. The summed E-state index contributed by atoms with van der Waals surface area (Å²) in [5, 5.41) is 15.3. The summed E-state index contributed by atoms with van der Waals surface area (Å²) in [7, 11) is 1.42. The molecule has 2 atom stereocenters. The second-order valence-electron chi connectivity index (χ2n) is 9.13. The lowest BCUT2D eigenvalue weighted by Gasteiger charge is -2.30. The number of hydrogen-bond donors (Lipinski definition) is 3. The number of halogens is 1. The molecule has 0 saturated heterocycles. The number of nitrogens with zero attached hydrogens (tertiary/aromatic N) is 1. The van der Waals surface area contributed by atoms with Gasteiger partial charge in [0.05, 0.1) is 13.3 Å². The zero-order valence-electron chi connectivity index (χ0n) is 19.3. The van der Waals surface area contributed by atoms with Crippen LogP contribution >= 0.6 is 0 Å². The van der Waals surface area contributed by atoms with E-state index in [2.05, 4.69) is 15.6 Å². The standard InChI is InChI=1S/C24H30FN3O5/c1-24(2,3)33-23(31)27-15-7-5-6-14(10-15)22(30)28-21-12-18(19(25)13-26-21)17-9-8-16(29)11-20(17)32-4/h8-9,11-15,29H,5-7,10H2,1-4H3,(H,27,31)(H,26,28,30)/t14-,15+/m0/s1. The van der Waals surface area contributed by atoms with E-state index in [4.69, 9.17) is 9.47 Å². The molecule has 8 nitrogen and oxygen atoms in total. The van der Waals surface area contributed by atoms with Crippen molar-refractivity contribution in [3.63, 3.8) is 0 Å². The summed E-state index contributed by atoms with van der Waals surface area (Å²) in [6.07, 6.45) is 3.24.